The lowest BCUT2D eigenvalue weighted by Crippen LogP contribution is -2.24. The molecule has 2 aromatic rings. The van der Waals surface area contributed by atoms with E-state index in [1.165, 1.54) is 0 Å². The summed E-state index contributed by atoms with van der Waals surface area (Å²) in [6, 6.07) is 7.50. The van der Waals surface area contributed by atoms with Crippen molar-refractivity contribution in [2.24, 2.45) is 0 Å². The second kappa shape index (κ2) is 5.36. The van der Waals surface area contributed by atoms with Crippen molar-refractivity contribution in [3.8, 4) is 11.4 Å². The summed E-state index contributed by atoms with van der Waals surface area (Å²) in [6.45, 7) is 1.19. The molecule has 0 atom stereocenters. The van der Waals surface area contributed by atoms with Gasteiger partial charge in [-0.3, -0.25) is 0 Å². The van der Waals surface area contributed by atoms with Gasteiger partial charge in [0.1, 0.15) is 30.4 Å². The zero-order valence-electron chi connectivity index (χ0n) is 10.5. The molecule has 19 heavy (non-hydrogen) atoms. The minimum atomic E-state index is -0.506. The van der Waals surface area contributed by atoms with Gasteiger partial charge in [0.05, 0.1) is 5.69 Å². The van der Waals surface area contributed by atoms with E-state index in [-0.39, 0.29) is 6.61 Å². The van der Waals surface area contributed by atoms with E-state index in [0.717, 1.165) is 36.6 Å². The van der Waals surface area contributed by atoms with Crippen LogP contribution in [0, 0.1) is 0 Å². The molecule has 1 aliphatic heterocycles. The van der Waals surface area contributed by atoms with Crippen molar-refractivity contribution in [3.63, 3.8) is 0 Å². The predicted molar refractivity (Wildman–Crippen MR) is 68.2 cm³/mol. The number of para-hydroxylation sites is 2. The second-order valence-corrected chi connectivity index (χ2v) is 4.33. The molecule has 0 aliphatic carbocycles. The van der Waals surface area contributed by atoms with Gasteiger partial charge in [-0.15, -0.1) is 5.10 Å². The SMILES string of the molecule is FCCOc1ccccc1-n1nnc2c1CCNC2. The molecular formula is C13H15FN4O. The molecule has 0 saturated heterocycles. The molecule has 5 nitrogen and oxygen atoms in total. The Hall–Kier alpha value is -1.95. The van der Waals surface area contributed by atoms with Gasteiger partial charge in [-0.1, -0.05) is 17.3 Å². The molecule has 1 N–H and O–H groups in total. The van der Waals surface area contributed by atoms with Crippen molar-refractivity contribution >= 4 is 0 Å². The third-order valence-corrected chi connectivity index (χ3v) is 3.10. The summed E-state index contributed by atoms with van der Waals surface area (Å²) in [5, 5.41) is 11.6. The molecule has 1 aromatic carbocycles. The van der Waals surface area contributed by atoms with Crippen molar-refractivity contribution in [2.45, 2.75) is 13.0 Å². The van der Waals surface area contributed by atoms with Gasteiger partial charge in [0.25, 0.3) is 0 Å². The first-order valence-corrected chi connectivity index (χ1v) is 6.32. The van der Waals surface area contributed by atoms with Gasteiger partial charge >= 0.3 is 0 Å². The lowest BCUT2D eigenvalue weighted by Gasteiger charge is -2.15. The summed E-state index contributed by atoms with van der Waals surface area (Å²) in [4.78, 5) is 0. The maximum atomic E-state index is 12.3. The van der Waals surface area contributed by atoms with Gasteiger partial charge < -0.3 is 10.1 Å². The number of rotatable bonds is 4. The Labute approximate surface area is 110 Å². The Bertz CT molecular complexity index is 570. The van der Waals surface area contributed by atoms with Gasteiger partial charge in [0.2, 0.25) is 0 Å². The molecule has 6 heteroatoms. The maximum Gasteiger partial charge on any atom is 0.145 e. The van der Waals surface area contributed by atoms with Crippen LogP contribution in [0.1, 0.15) is 11.4 Å². The Morgan fingerprint density at radius 2 is 2.26 bits per heavy atom. The summed E-state index contributed by atoms with van der Waals surface area (Å²) >= 11 is 0. The Morgan fingerprint density at radius 3 is 3.16 bits per heavy atom. The lowest BCUT2D eigenvalue weighted by atomic mass is 10.1. The molecule has 1 aromatic heterocycles. The Kier molecular flexibility index (Phi) is 3.41. The highest BCUT2D eigenvalue weighted by molar-refractivity contribution is 5.47. The number of fused-ring (bicyclic) bond motifs is 1. The number of benzene rings is 1. The smallest absolute Gasteiger partial charge is 0.145 e. The van der Waals surface area contributed by atoms with Crippen LogP contribution in [-0.4, -0.2) is 34.8 Å². The molecule has 0 bridgehead atoms. The van der Waals surface area contributed by atoms with Crippen LogP contribution in [0.4, 0.5) is 4.39 Å². The van der Waals surface area contributed by atoms with Gasteiger partial charge in [-0.05, 0) is 12.1 Å². The van der Waals surface area contributed by atoms with E-state index in [0.29, 0.717) is 5.75 Å². The lowest BCUT2D eigenvalue weighted by molar-refractivity contribution is 0.272. The van der Waals surface area contributed by atoms with Crippen molar-refractivity contribution in [1.29, 1.82) is 0 Å². The molecule has 0 spiro atoms. The van der Waals surface area contributed by atoms with Gasteiger partial charge in [-0.25, -0.2) is 9.07 Å². The molecule has 1 aliphatic rings. The van der Waals surface area contributed by atoms with E-state index in [1.807, 2.05) is 24.3 Å². The fourth-order valence-electron chi connectivity index (χ4n) is 2.23. The monoisotopic (exact) mass is 262 g/mol. The molecule has 0 amide bonds. The zero-order chi connectivity index (χ0) is 13.1. The molecule has 0 fully saturated rings. The third kappa shape index (κ3) is 2.31. The molecule has 3 rings (SSSR count). The molecule has 100 valence electrons. The average Bonchev–Trinajstić information content (AvgIpc) is 2.89. The van der Waals surface area contributed by atoms with Gasteiger partial charge in [-0.2, -0.15) is 0 Å². The predicted octanol–water partition coefficient (Wildman–Crippen LogP) is 1.26. The number of nitrogens with zero attached hydrogens (tertiary/aromatic N) is 3. The van der Waals surface area contributed by atoms with E-state index in [4.69, 9.17) is 4.74 Å². The quantitative estimate of drug-likeness (QED) is 0.901. The molecule has 0 unspecified atom stereocenters. The van der Waals surface area contributed by atoms with E-state index in [9.17, 15) is 4.39 Å². The largest absolute Gasteiger partial charge is 0.489 e. The van der Waals surface area contributed by atoms with E-state index in [1.54, 1.807) is 4.68 Å². The van der Waals surface area contributed by atoms with Crippen LogP contribution in [0.2, 0.25) is 0 Å². The van der Waals surface area contributed by atoms with Crippen LogP contribution < -0.4 is 10.1 Å². The summed E-state index contributed by atoms with van der Waals surface area (Å²) in [7, 11) is 0. The van der Waals surface area contributed by atoms with Crippen LogP contribution in [0.25, 0.3) is 5.69 Å². The first-order valence-electron chi connectivity index (χ1n) is 6.32. The topological polar surface area (TPSA) is 52.0 Å². The van der Waals surface area contributed by atoms with Crippen LogP contribution in [0.15, 0.2) is 24.3 Å². The Morgan fingerprint density at radius 1 is 1.37 bits per heavy atom. The van der Waals surface area contributed by atoms with Crippen LogP contribution >= 0.6 is 0 Å². The first-order chi connectivity index (χ1) is 9.40. The number of hydrogen-bond donors (Lipinski definition) is 1. The minimum Gasteiger partial charge on any atom is -0.489 e. The van der Waals surface area contributed by atoms with E-state index < -0.39 is 6.67 Å². The number of hydrogen-bond acceptors (Lipinski definition) is 4. The second-order valence-electron chi connectivity index (χ2n) is 4.33. The number of halogens is 1. The highest BCUT2D eigenvalue weighted by Gasteiger charge is 2.19. The van der Waals surface area contributed by atoms with Crippen molar-refractivity contribution < 1.29 is 9.13 Å². The van der Waals surface area contributed by atoms with Crippen molar-refractivity contribution in [2.75, 3.05) is 19.8 Å². The minimum absolute atomic E-state index is 0.0510. The molecule has 0 saturated carbocycles. The molecule has 0 radical (unpaired) electrons. The number of aromatic nitrogens is 3. The summed E-state index contributed by atoms with van der Waals surface area (Å²) in [5.41, 5.74) is 2.87. The zero-order valence-corrected chi connectivity index (χ0v) is 10.5. The van der Waals surface area contributed by atoms with Crippen LogP contribution in [0.3, 0.4) is 0 Å². The van der Waals surface area contributed by atoms with Crippen molar-refractivity contribution in [3.05, 3.63) is 35.7 Å². The van der Waals surface area contributed by atoms with Crippen LogP contribution in [0.5, 0.6) is 5.75 Å². The standard InChI is InChI=1S/C13H15FN4O/c14-6-8-19-13-4-2-1-3-12(13)18-11-5-7-15-9-10(11)16-17-18/h1-4,15H,5-9H2. The summed E-state index contributed by atoms with van der Waals surface area (Å²) in [6.07, 6.45) is 0.875. The van der Waals surface area contributed by atoms with E-state index >= 15 is 0 Å². The number of nitrogens with one attached hydrogen (secondary N) is 1. The number of alkyl halides is 1. The normalized spacial score (nSPS) is 14.2. The maximum absolute atomic E-state index is 12.3. The van der Waals surface area contributed by atoms with Gasteiger partial charge in [0, 0.05) is 19.5 Å². The summed E-state index contributed by atoms with van der Waals surface area (Å²) in [5.74, 6) is 0.631. The molecule has 2 heterocycles. The number of ether oxygens (including phenoxy) is 1. The summed E-state index contributed by atoms with van der Waals surface area (Å²) < 4.78 is 19.5. The highest BCUT2D eigenvalue weighted by atomic mass is 19.1. The highest BCUT2D eigenvalue weighted by Crippen LogP contribution is 2.25. The third-order valence-electron chi connectivity index (χ3n) is 3.10. The van der Waals surface area contributed by atoms with Crippen molar-refractivity contribution in [1.82, 2.24) is 20.3 Å². The Balaban J connectivity index is 1.99. The fraction of sp³-hybridized carbons (Fsp3) is 0.385. The fourth-order valence-corrected chi connectivity index (χ4v) is 2.23. The molecular weight excluding hydrogens is 247 g/mol. The van der Waals surface area contributed by atoms with E-state index in [2.05, 4.69) is 15.6 Å². The average molecular weight is 262 g/mol. The first kappa shape index (κ1) is 12.1. The van der Waals surface area contributed by atoms with Gasteiger partial charge in [0.15, 0.2) is 0 Å². The van der Waals surface area contributed by atoms with Crippen LogP contribution in [-0.2, 0) is 13.0 Å².